The monoisotopic (exact) mass is 425 g/mol. The Kier molecular flexibility index (Phi) is 5.00. The van der Waals surface area contributed by atoms with Gasteiger partial charge in [0.05, 0.1) is 21.2 Å². The molecule has 3 aromatic rings. The van der Waals surface area contributed by atoms with E-state index in [1.807, 2.05) is 0 Å². The molecule has 0 saturated carbocycles. The average molecular weight is 426 g/mol. The molecular weight excluding hydrogens is 414 g/mol. The van der Waals surface area contributed by atoms with Crippen LogP contribution in [0.1, 0.15) is 16.1 Å². The molecular formula is C21H12ClNO5S. The molecule has 0 atom stereocenters. The number of para-hydroxylation sites is 1. The van der Waals surface area contributed by atoms with Crippen molar-refractivity contribution in [3.8, 4) is 11.3 Å². The van der Waals surface area contributed by atoms with Crippen molar-refractivity contribution in [3.05, 3.63) is 81.9 Å². The molecule has 0 aliphatic carbocycles. The van der Waals surface area contributed by atoms with Crippen molar-refractivity contribution in [2.75, 3.05) is 4.90 Å². The summed E-state index contributed by atoms with van der Waals surface area (Å²) in [5.74, 6) is -0.787. The molecule has 0 spiro atoms. The second-order valence-electron chi connectivity index (χ2n) is 6.05. The zero-order valence-electron chi connectivity index (χ0n) is 14.7. The van der Waals surface area contributed by atoms with Gasteiger partial charge in [0.1, 0.15) is 11.5 Å². The molecule has 1 aromatic heterocycles. The lowest BCUT2D eigenvalue weighted by atomic mass is 10.1. The highest BCUT2D eigenvalue weighted by Gasteiger charge is 2.36. The summed E-state index contributed by atoms with van der Waals surface area (Å²) in [5.41, 5.74) is 0.996. The van der Waals surface area contributed by atoms with Gasteiger partial charge in [-0.2, -0.15) is 0 Å². The Hall–Kier alpha value is -3.29. The fourth-order valence-electron chi connectivity index (χ4n) is 2.82. The third-order valence-electron chi connectivity index (χ3n) is 4.19. The number of hydrogen-bond acceptors (Lipinski definition) is 5. The number of thioether (sulfide) groups is 1. The van der Waals surface area contributed by atoms with Crippen molar-refractivity contribution in [2.45, 2.75) is 0 Å². The molecule has 0 radical (unpaired) electrons. The standard InChI is InChI=1S/C21H12ClNO5S/c22-16-8-6-12(10-15(16)20(25)26)17-9-7-14(28-17)11-18-19(24)23(21(27)29-18)13-4-2-1-3-5-13/h1-11H,(H,25,26). The number of carboxylic acids is 1. The minimum atomic E-state index is -1.14. The first-order valence-electron chi connectivity index (χ1n) is 8.40. The van der Waals surface area contributed by atoms with E-state index in [-0.39, 0.29) is 20.7 Å². The fraction of sp³-hybridized carbons (Fsp3) is 0. The normalized spacial score (nSPS) is 15.3. The Morgan fingerprint density at radius 3 is 2.55 bits per heavy atom. The van der Waals surface area contributed by atoms with Gasteiger partial charge in [0.2, 0.25) is 0 Å². The lowest BCUT2D eigenvalue weighted by Crippen LogP contribution is -2.27. The van der Waals surface area contributed by atoms with E-state index in [1.54, 1.807) is 48.5 Å². The van der Waals surface area contributed by atoms with Gasteiger partial charge in [-0.3, -0.25) is 9.59 Å². The first-order chi connectivity index (χ1) is 13.9. The summed E-state index contributed by atoms with van der Waals surface area (Å²) in [4.78, 5) is 37.5. The first kappa shape index (κ1) is 19.0. The Bertz CT molecular complexity index is 1170. The van der Waals surface area contributed by atoms with Gasteiger partial charge < -0.3 is 9.52 Å². The number of imide groups is 1. The number of amides is 2. The van der Waals surface area contributed by atoms with Gasteiger partial charge in [0.15, 0.2) is 0 Å². The number of rotatable bonds is 4. The maximum absolute atomic E-state index is 12.6. The summed E-state index contributed by atoms with van der Waals surface area (Å²) in [6.07, 6.45) is 1.49. The molecule has 6 nitrogen and oxygen atoms in total. The Morgan fingerprint density at radius 1 is 1.07 bits per heavy atom. The van der Waals surface area contributed by atoms with Crippen LogP contribution in [-0.2, 0) is 4.79 Å². The van der Waals surface area contributed by atoms with Gasteiger partial charge >= 0.3 is 5.97 Å². The van der Waals surface area contributed by atoms with Crippen LogP contribution in [0.15, 0.2) is 70.0 Å². The van der Waals surface area contributed by atoms with Crippen LogP contribution in [-0.4, -0.2) is 22.2 Å². The van der Waals surface area contributed by atoms with Crippen LogP contribution in [0.3, 0.4) is 0 Å². The van der Waals surface area contributed by atoms with Gasteiger partial charge in [-0.05, 0) is 54.2 Å². The lowest BCUT2D eigenvalue weighted by molar-refractivity contribution is -0.113. The molecule has 4 rings (SSSR count). The molecule has 0 unspecified atom stereocenters. The number of benzene rings is 2. The van der Waals surface area contributed by atoms with Crippen molar-refractivity contribution in [1.29, 1.82) is 0 Å². The number of hydrogen-bond donors (Lipinski definition) is 1. The van der Waals surface area contributed by atoms with Crippen molar-refractivity contribution in [1.82, 2.24) is 0 Å². The number of halogens is 1. The maximum atomic E-state index is 12.6. The van der Waals surface area contributed by atoms with E-state index in [1.165, 1.54) is 18.2 Å². The number of furan rings is 1. The molecule has 29 heavy (non-hydrogen) atoms. The van der Waals surface area contributed by atoms with E-state index in [0.29, 0.717) is 22.8 Å². The molecule has 1 aliphatic heterocycles. The first-order valence-corrected chi connectivity index (χ1v) is 9.59. The Balaban J connectivity index is 1.62. The quantitative estimate of drug-likeness (QED) is 0.552. The third kappa shape index (κ3) is 3.70. The summed E-state index contributed by atoms with van der Waals surface area (Å²) in [7, 11) is 0. The van der Waals surface area contributed by atoms with E-state index < -0.39 is 11.9 Å². The number of carbonyl (C=O) groups is 3. The molecule has 8 heteroatoms. The maximum Gasteiger partial charge on any atom is 0.337 e. The van der Waals surface area contributed by atoms with Crippen LogP contribution < -0.4 is 4.90 Å². The molecule has 1 saturated heterocycles. The summed E-state index contributed by atoms with van der Waals surface area (Å²) >= 11 is 6.72. The predicted octanol–water partition coefficient (Wildman–Crippen LogP) is 5.54. The second-order valence-corrected chi connectivity index (χ2v) is 7.45. The highest BCUT2D eigenvalue weighted by atomic mass is 35.5. The average Bonchev–Trinajstić information content (AvgIpc) is 3.27. The van der Waals surface area contributed by atoms with Crippen molar-refractivity contribution in [2.24, 2.45) is 0 Å². The zero-order chi connectivity index (χ0) is 20.5. The Labute approximate surface area is 174 Å². The van der Waals surface area contributed by atoms with Gasteiger partial charge in [-0.1, -0.05) is 29.8 Å². The highest BCUT2D eigenvalue weighted by molar-refractivity contribution is 8.19. The van der Waals surface area contributed by atoms with Crippen LogP contribution in [0.5, 0.6) is 0 Å². The Morgan fingerprint density at radius 2 is 1.83 bits per heavy atom. The molecule has 0 bridgehead atoms. The molecule has 2 amide bonds. The summed E-state index contributed by atoms with van der Waals surface area (Å²) in [6.45, 7) is 0. The van der Waals surface area contributed by atoms with E-state index in [9.17, 15) is 19.5 Å². The summed E-state index contributed by atoms with van der Waals surface area (Å²) in [6, 6.07) is 16.5. The van der Waals surface area contributed by atoms with E-state index in [4.69, 9.17) is 16.0 Å². The second kappa shape index (κ2) is 7.62. The lowest BCUT2D eigenvalue weighted by Gasteiger charge is -2.11. The largest absolute Gasteiger partial charge is 0.478 e. The fourth-order valence-corrected chi connectivity index (χ4v) is 3.84. The summed E-state index contributed by atoms with van der Waals surface area (Å²) in [5, 5.41) is 8.94. The van der Waals surface area contributed by atoms with Gasteiger partial charge in [-0.25, -0.2) is 9.69 Å². The number of aromatic carboxylic acids is 1. The highest BCUT2D eigenvalue weighted by Crippen LogP contribution is 2.36. The predicted molar refractivity (Wildman–Crippen MR) is 111 cm³/mol. The van der Waals surface area contributed by atoms with Gasteiger partial charge in [0.25, 0.3) is 11.1 Å². The topological polar surface area (TPSA) is 87.8 Å². The van der Waals surface area contributed by atoms with Crippen molar-refractivity contribution < 1.29 is 23.9 Å². The van der Waals surface area contributed by atoms with Gasteiger partial charge in [-0.15, -0.1) is 0 Å². The van der Waals surface area contributed by atoms with E-state index >= 15 is 0 Å². The number of carboxylic acid groups (broad SMARTS) is 1. The van der Waals surface area contributed by atoms with E-state index in [2.05, 4.69) is 0 Å². The van der Waals surface area contributed by atoms with Crippen LogP contribution in [0, 0.1) is 0 Å². The summed E-state index contributed by atoms with van der Waals surface area (Å²) < 4.78 is 5.72. The molecule has 1 N–H and O–H groups in total. The molecule has 1 fully saturated rings. The van der Waals surface area contributed by atoms with Crippen molar-refractivity contribution >= 4 is 52.2 Å². The van der Waals surface area contributed by atoms with Crippen LogP contribution >= 0.6 is 23.4 Å². The molecule has 144 valence electrons. The minimum absolute atomic E-state index is 0.0360. The van der Waals surface area contributed by atoms with Crippen LogP contribution in [0.2, 0.25) is 5.02 Å². The third-order valence-corrected chi connectivity index (χ3v) is 5.39. The smallest absolute Gasteiger partial charge is 0.337 e. The minimum Gasteiger partial charge on any atom is -0.478 e. The van der Waals surface area contributed by atoms with Crippen LogP contribution in [0.25, 0.3) is 17.4 Å². The SMILES string of the molecule is O=C(O)c1cc(-c2ccc(C=C3SC(=O)N(c4ccccc4)C3=O)o2)ccc1Cl. The zero-order valence-corrected chi connectivity index (χ0v) is 16.2. The molecule has 1 aliphatic rings. The number of anilines is 1. The molecule has 2 heterocycles. The van der Waals surface area contributed by atoms with Gasteiger partial charge in [0, 0.05) is 11.6 Å². The van der Waals surface area contributed by atoms with Crippen molar-refractivity contribution in [3.63, 3.8) is 0 Å². The van der Waals surface area contributed by atoms with Crippen LogP contribution in [0.4, 0.5) is 10.5 Å². The number of nitrogens with zero attached hydrogens (tertiary/aromatic N) is 1. The molecule has 2 aromatic carbocycles. The number of carbonyl (C=O) groups excluding carboxylic acids is 2. The van der Waals surface area contributed by atoms with E-state index in [0.717, 1.165) is 16.7 Å².